The van der Waals surface area contributed by atoms with Crippen LogP contribution in [0.4, 0.5) is 0 Å². The first-order chi connectivity index (χ1) is 7.00. The maximum absolute atomic E-state index is 11.0. The molecule has 2 amide bonds. The summed E-state index contributed by atoms with van der Waals surface area (Å²) in [6.07, 6.45) is -1.84. The molecule has 0 aliphatic heterocycles. The van der Waals surface area contributed by atoms with Gasteiger partial charge in [-0.15, -0.1) is 0 Å². The fourth-order valence-corrected chi connectivity index (χ4v) is 0.905. The number of hydrogen-bond acceptors (Lipinski definition) is 5. The van der Waals surface area contributed by atoms with Gasteiger partial charge in [0.1, 0.15) is 11.5 Å². The maximum atomic E-state index is 11.0. The van der Waals surface area contributed by atoms with Crippen LogP contribution in [0.25, 0.3) is 0 Å². The Morgan fingerprint density at radius 3 is 2.87 bits per heavy atom. The van der Waals surface area contributed by atoms with Crippen LogP contribution in [0.5, 0.6) is 0 Å². The number of nitrogens with two attached hydrogens (primary N) is 1. The predicted octanol–water partition coefficient (Wildman–Crippen LogP) is -1.55. The fourth-order valence-electron chi connectivity index (χ4n) is 0.905. The van der Waals surface area contributed by atoms with Gasteiger partial charge in [0.2, 0.25) is 6.10 Å². The summed E-state index contributed by atoms with van der Waals surface area (Å²) < 4.78 is 4.75. The zero-order valence-corrected chi connectivity index (χ0v) is 8.06. The van der Waals surface area contributed by atoms with E-state index in [9.17, 15) is 9.59 Å². The molecule has 0 aliphatic rings. The zero-order valence-electron chi connectivity index (χ0n) is 8.06. The van der Waals surface area contributed by atoms with Crippen LogP contribution in [0.3, 0.4) is 0 Å². The van der Waals surface area contributed by atoms with Crippen molar-refractivity contribution in [1.82, 2.24) is 10.5 Å². The summed E-state index contributed by atoms with van der Waals surface area (Å²) in [6, 6.07) is 1.62. The van der Waals surface area contributed by atoms with E-state index in [1.165, 1.54) is 0 Å². The molecule has 82 valence electrons. The molecule has 0 bridgehead atoms. The second kappa shape index (κ2) is 4.56. The number of aryl methyl sites for hydroxylation is 1. The van der Waals surface area contributed by atoms with E-state index in [-0.39, 0.29) is 6.54 Å². The molecule has 1 rings (SSSR count). The van der Waals surface area contributed by atoms with Gasteiger partial charge < -0.3 is 20.7 Å². The van der Waals surface area contributed by atoms with Crippen LogP contribution in [-0.2, 0) is 16.1 Å². The summed E-state index contributed by atoms with van der Waals surface area (Å²) in [5.41, 5.74) is 5.22. The van der Waals surface area contributed by atoms with Crippen molar-refractivity contribution in [1.29, 1.82) is 0 Å². The topological polar surface area (TPSA) is 118 Å². The first-order valence-corrected chi connectivity index (χ1v) is 4.18. The highest BCUT2D eigenvalue weighted by Crippen LogP contribution is 2.00. The van der Waals surface area contributed by atoms with Gasteiger partial charge in [0.25, 0.3) is 11.8 Å². The second-order valence-corrected chi connectivity index (χ2v) is 2.95. The van der Waals surface area contributed by atoms with E-state index in [2.05, 4.69) is 10.5 Å². The van der Waals surface area contributed by atoms with Gasteiger partial charge in [-0.1, -0.05) is 5.16 Å². The molecule has 15 heavy (non-hydrogen) atoms. The van der Waals surface area contributed by atoms with Crippen molar-refractivity contribution in [3.8, 4) is 0 Å². The third-order valence-corrected chi connectivity index (χ3v) is 1.64. The van der Waals surface area contributed by atoms with Crippen molar-refractivity contribution in [3.05, 3.63) is 17.5 Å². The minimum absolute atomic E-state index is 0.0700. The number of carbonyl (C=O) groups is 2. The molecule has 7 heteroatoms. The predicted molar refractivity (Wildman–Crippen MR) is 48.3 cm³/mol. The van der Waals surface area contributed by atoms with Crippen LogP contribution < -0.4 is 11.1 Å². The second-order valence-electron chi connectivity index (χ2n) is 2.95. The van der Waals surface area contributed by atoms with Crippen LogP contribution in [0.1, 0.15) is 11.5 Å². The molecule has 4 N–H and O–H groups in total. The average molecular weight is 213 g/mol. The lowest BCUT2D eigenvalue weighted by molar-refractivity contribution is -0.139. The Hall–Kier alpha value is -1.89. The van der Waals surface area contributed by atoms with Gasteiger partial charge in [-0.25, -0.2) is 0 Å². The highest BCUT2D eigenvalue weighted by molar-refractivity contribution is 6.02. The monoisotopic (exact) mass is 213 g/mol. The van der Waals surface area contributed by atoms with Gasteiger partial charge in [0, 0.05) is 6.07 Å². The number of aliphatic hydroxyl groups excluding tert-OH is 1. The summed E-state index contributed by atoms with van der Waals surface area (Å²) in [5.74, 6) is -1.35. The highest BCUT2D eigenvalue weighted by Gasteiger charge is 2.20. The first-order valence-electron chi connectivity index (χ1n) is 4.18. The van der Waals surface area contributed by atoms with E-state index in [0.29, 0.717) is 11.5 Å². The van der Waals surface area contributed by atoms with Crippen molar-refractivity contribution >= 4 is 11.8 Å². The minimum atomic E-state index is -1.84. The SMILES string of the molecule is Cc1cc(CNC(=O)C(O)C(N)=O)no1. The van der Waals surface area contributed by atoms with Crippen molar-refractivity contribution < 1.29 is 19.2 Å². The molecular weight excluding hydrogens is 202 g/mol. The number of rotatable bonds is 4. The quantitative estimate of drug-likeness (QED) is 0.523. The van der Waals surface area contributed by atoms with Gasteiger partial charge in [-0.3, -0.25) is 9.59 Å². The Balaban J connectivity index is 2.44. The van der Waals surface area contributed by atoms with E-state index < -0.39 is 17.9 Å². The third kappa shape index (κ3) is 3.06. The normalized spacial score (nSPS) is 12.1. The van der Waals surface area contributed by atoms with Gasteiger partial charge in [-0.05, 0) is 6.92 Å². The Morgan fingerprint density at radius 1 is 1.73 bits per heavy atom. The molecular formula is C8H11N3O4. The summed E-state index contributed by atoms with van der Waals surface area (Å²) >= 11 is 0. The largest absolute Gasteiger partial charge is 0.375 e. The van der Waals surface area contributed by atoms with Crippen LogP contribution in [0, 0.1) is 6.92 Å². The Morgan fingerprint density at radius 2 is 2.40 bits per heavy atom. The van der Waals surface area contributed by atoms with E-state index in [4.69, 9.17) is 15.4 Å². The smallest absolute Gasteiger partial charge is 0.258 e. The van der Waals surface area contributed by atoms with Gasteiger partial charge in [0.05, 0.1) is 6.54 Å². The number of aliphatic hydroxyl groups is 1. The van der Waals surface area contributed by atoms with Crippen LogP contribution in [0.2, 0.25) is 0 Å². The van der Waals surface area contributed by atoms with Crippen molar-refractivity contribution in [2.45, 2.75) is 19.6 Å². The summed E-state index contributed by atoms with van der Waals surface area (Å²) in [4.78, 5) is 21.5. The van der Waals surface area contributed by atoms with E-state index in [1.807, 2.05) is 0 Å². The van der Waals surface area contributed by atoms with Crippen molar-refractivity contribution in [3.63, 3.8) is 0 Å². The minimum Gasteiger partial charge on any atom is -0.375 e. The number of primary amides is 1. The molecule has 0 radical (unpaired) electrons. The lowest BCUT2D eigenvalue weighted by Gasteiger charge is -2.05. The molecule has 0 saturated carbocycles. The van der Waals surface area contributed by atoms with Gasteiger partial charge in [0.15, 0.2) is 0 Å². The number of nitrogens with zero attached hydrogens (tertiary/aromatic N) is 1. The zero-order chi connectivity index (χ0) is 11.4. The van der Waals surface area contributed by atoms with E-state index in [1.54, 1.807) is 13.0 Å². The van der Waals surface area contributed by atoms with E-state index >= 15 is 0 Å². The molecule has 7 nitrogen and oxygen atoms in total. The van der Waals surface area contributed by atoms with Gasteiger partial charge in [-0.2, -0.15) is 0 Å². The molecule has 1 aromatic rings. The standard InChI is InChI=1S/C8H11N3O4/c1-4-2-5(11-15-4)3-10-8(14)6(12)7(9)13/h2,6,12H,3H2,1H3,(H2,9,13)(H,10,14). The molecule has 0 fully saturated rings. The number of aromatic nitrogens is 1. The van der Waals surface area contributed by atoms with Crippen LogP contribution >= 0.6 is 0 Å². The third-order valence-electron chi connectivity index (χ3n) is 1.64. The molecule has 1 unspecified atom stereocenters. The number of amides is 2. The average Bonchev–Trinajstić information content (AvgIpc) is 2.59. The molecule has 1 heterocycles. The van der Waals surface area contributed by atoms with Crippen molar-refractivity contribution in [2.75, 3.05) is 0 Å². The Kier molecular flexibility index (Phi) is 3.40. The summed E-state index contributed by atoms with van der Waals surface area (Å²) in [5, 5.41) is 14.8. The number of nitrogens with one attached hydrogen (secondary N) is 1. The molecule has 0 aromatic carbocycles. The fraction of sp³-hybridized carbons (Fsp3) is 0.375. The molecule has 1 atom stereocenters. The molecule has 0 saturated heterocycles. The van der Waals surface area contributed by atoms with Crippen LogP contribution in [0.15, 0.2) is 10.6 Å². The number of hydrogen-bond donors (Lipinski definition) is 3. The van der Waals surface area contributed by atoms with Crippen molar-refractivity contribution in [2.24, 2.45) is 5.73 Å². The highest BCUT2D eigenvalue weighted by atomic mass is 16.5. The Bertz CT molecular complexity index is 374. The number of carbonyl (C=O) groups excluding carboxylic acids is 2. The maximum Gasteiger partial charge on any atom is 0.258 e. The summed E-state index contributed by atoms with van der Waals surface area (Å²) in [6.45, 7) is 1.77. The Labute approximate surface area is 85.2 Å². The van der Waals surface area contributed by atoms with E-state index in [0.717, 1.165) is 0 Å². The molecule has 1 aromatic heterocycles. The lowest BCUT2D eigenvalue weighted by Crippen LogP contribution is -2.42. The lowest BCUT2D eigenvalue weighted by atomic mass is 10.3. The molecule has 0 spiro atoms. The van der Waals surface area contributed by atoms with Gasteiger partial charge >= 0.3 is 0 Å². The molecule has 0 aliphatic carbocycles. The first kappa shape index (κ1) is 11.2. The van der Waals surface area contributed by atoms with Crippen LogP contribution in [-0.4, -0.2) is 28.2 Å². The summed E-state index contributed by atoms with van der Waals surface area (Å²) in [7, 11) is 0.